The normalized spacial score (nSPS) is 15.7. The van der Waals surface area contributed by atoms with Gasteiger partial charge in [0.25, 0.3) is 0 Å². The van der Waals surface area contributed by atoms with Crippen LogP contribution in [0.25, 0.3) is 5.57 Å². The average Bonchev–Trinajstić information content (AvgIpc) is 2.53. The van der Waals surface area contributed by atoms with E-state index < -0.39 is 0 Å². The van der Waals surface area contributed by atoms with Gasteiger partial charge in [0.1, 0.15) is 6.61 Å². The first-order valence-corrected chi connectivity index (χ1v) is 3.93. The summed E-state index contributed by atoms with van der Waals surface area (Å²) in [6.45, 7) is 4.55. The lowest BCUT2D eigenvalue weighted by molar-refractivity contribution is 0.302. The quantitative estimate of drug-likeness (QED) is 0.610. The van der Waals surface area contributed by atoms with Gasteiger partial charge in [0.2, 0.25) is 0 Å². The summed E-state index contributed by atoms with van der Waals surface area (Å²) in [5.74, 6) is 0. The Bertz CT molecular complexity index is 322. The molecule has 0 fully saturated rings. The molecule has 0 N–H and O–H groups in total. The van der Waals surface area contributed by atoms with Gasteiger partial charge in [0.05, 0.1) is 6.26 Å². The van der Waals surface area contributed by atoms with Gasteiger partial charge in [0.15, 0.2) is 0 Å². The lowest BCUT2D eigenvalue weighted by Crippen LogP contribution is -1.85. The minimum Gasteiger partial charge on any atom is -0.496 e. The fraction of sp³-hybridized carbons (Fsp3) is 0.0909. The van der Waals surface area contributed by atoms with E-state index in [4.69, 9.17) is 4.74 Å². The monoisotopic (exact) mass is 158 g/mol. The van der Waals surface area contributed by atoms with Crippen molar-refractivity contribution in [2.45, 2.75) is 0 Å². The van der Waals surface area contributed by atoms with Gasteiger partial charge in [-0.25, -0.2) is 0 Å². The number of hydrogen-bond donors (Lipinski definition) is 0. The summed E-state index contributed by atoms with van der Waals surface area (Å²) < 4.78 is 5.16. The first kappa shape index (κ1) is 7.17. The van der Waals surface area contributed by atoms with Crippen molar-refractivity contribution in [1.82, 2.24) is 0 Å². The van der Waals surface area contributed by atoms with Crippen molar-refractivity contribution < 1.29 is 4.74 Å². The van der Waals surface area contributed by atoms with Crippen LogP contribution in [-0.2, 0) is 4.74 Å². The van der Waals surface area contributed by atoms with Crippen LogP contribution in [0.3, 0.4) is 0 Å². The minimum absolute atomic E-state index is 0.629. The Hall–Kier alpha value is -1.50. The Labute approximate surface area is 72.0 Å². The SMILES string of the molecule is C=C1COC=C1c1ccccc1. The van der Waals surface area contributed by atoms with Crippen LogP contribution in [0.1, 0.15) is 5.56 Å². The van der Waals surface area contributed by atoms with Crippen molar-refractivity contribution in [2.24, 2.45) is 0 Å². The van der Waals surface area contributed by atoms with Gasteiger partial charge in [-0.15, -0.1) is 0 Å². The van der Waals surface area contributed by atoms with Crippen molar-refractivity contribution >= 4 is 5.57 Å². The number of ether oxygens (including phenoxy) is 1. The summed E-state index contributed by atoms with van der Waals surface area (Å²) in [5, 5.41) is 0. The molecule has 1 aromatic carbocycles. The Kier molecular flexibility index (Phi) is 1.71. The second-order valence-corrected chi connectivity index (χ2v) is 2.81. The van der Waals surface area contributed by atoms with Crippen LogP contribution in [0.2, 0.25) is 0 Å². The maximum Gasteiger partial charge on any atom is 0.113 e. The third-order valence-corrected chi connectivity index (χ3v) is 1.92. The van der Waals surface area contributed by atoms with Gasteiger partial charge in [-0.1, -0.05) is 36.9 Å². The fourth-order valence-electron chi connectivity index (χ4n) is 1.28. The smallest absolute Gasteiger partial charge is 0.113 e. The lowest BCUT2D eigenvalue weighted by Gasteiger charge is -1.99. The molecule has 0 atom stereocenters. The number of hydrogen-bond acceptors (Lipinski definition) is 1. The van der Waals surface area contributed by atoms with Gasteiger partial charge in [-0.05, 0) is 11.1 Å². The second-order valence-electron chi connectivity index (χ2n) is 2.81. The predicted molar refractivity (Wildman–Crippen MR) is 49.5 cm³/mol. The van der Waals surface area contributed by atoms with E-state index in [0.717, 1.165) is 11.1 Å². The standard InChI is InChI=1S/C11H10O/c1-9-7-12-8-11(9)10-5-3-2-4-6-10/h2-6,8H,1,7H2. The number of rotatable bonds is 1. The molecule has 1 aromatic rings. The van der Waals surface area contributed by atoms with Crippen LogP contribution in [0.4, 0.5) is 0 Å². The van der Waals surface area contributed by atoms with Crippen molar-refractivity contribution in [2.75, 3.05) is 6.61 Å². The highest BCUT2D eigenvalue weighted by atomic mass is 16.5. The molecule has 1 aliphatic rings. The lowest BCUT2D eigenvalue weighted by atomic mass is 10.0. The largest absolute Gasteiger partial charge is 0.496 e. The van der Waals surface area contributed by atoms with Gasteiger partial charge >= 0.3 is 0 Å². The zero-order valence-electron chi connectivity index (χ0n) is 6.79. The molecule has 0 amide bonds. The first-order chi connectivity index (χ1) is 5.88. The Morgan fingerprint density at radius 2 is 1.92 bits per heavy atom. The Balaban J connectivity index is 2.38. The van der Waals surface area contributed by atoms with Crippen molar-refractivity contribution in [3.05, 3.63) is 54.3 Å². The van der Waals surface area contributed by atoms with Crippen LogP contribution < -0.4 is 0 Å². The molecule has 0 aromatic heterocycles. The molecule has 0 spiro atoms. The first-order valence-electron chi connectivity index (χ1n) is 3.93. The summed E-state index contributed by atoms with van der Waals surface area (Å²) in [6, 6.07) is 10.2. The van der Waals surface area contributed by atoms with E-state index in [9.17, 15) is 0 Å². The van der Waals surface area contributed by atoms with Crippen molar-refractivity contribution in [3.63, 3.8) is 0 Å². The molecule has 0 bridgehead atoms. The number of benzene rings is 1. The summed E-state index contributed by atoms with van der Waals surface area (Å²) in [7, 11) is 0. The summed E-state index contributed by atoms with van der Waals surface area (Å²) in [5.41, 5.74) is 3.36. The zero-order valence-corrected chi connectivity index (χ0v) is 6.79. The predicted octanol–water partition coefficient (Wildman–Crippen LogP) is 2.61. The summed E-state index contributed by atoms with van der Waals surface area (Å²) >= 11 is 0. The van der Waals surface area contributed by atoms with Gasteiger partial charge in [0, 0.05) is 5.57 Å². The molecule has 1 aliphatic heterocycles. The molecular formula is C11H10O. The maximum atomic E-state index is 5.16. The van der Waals surface area contributed by atoms with E-state index in [2.05, 4.69) is 18.7 Å². The van der Waals surface area contributed by atoms with Crippen LogP contribution in [0, 0.1) is 0 Å². The van der Waals surface area contributed by atoms with Gasteiger partial charge in [-0.2, -0.15) is 0 Å². The molecule has 0 unspecified atom stereocenters. The van der Waals surface area contributed by atoms with E-state index in [-0.39, 0.29) is 0 Å². The topological polar surface area (TPSA) is 9.23 Å². The Morgan fingerprint density at radius 1 is 1.17 bits per heavy atom. The molecule has 1 heteroatoms. The average molecular weight is 158 g/mol. The van der Waals surface area contributed by atoms with Crippen LogP contribution in [0.5, 0.6) is 0 Å². The molecule has 0 aliphatic carbocycles. The third-order valence-electron chi connectivity index (χ3n) is 1.92. The van der Waals surface area contributed by atoms with E-state index in [1.165, 1.54) is 5.56 Å². The molecule has 12 heavy (non-hydrogen) atoms. The maximum absolute atomic E-state index is 5.16. The van der Waals surface area contributed by atoms with E-state index in [1.807, 2.05) is 18.2 Å². The van der Waals surface area contributed by atoms with Crippen LogP contribution in [-0.4, -0.2) is 6.61 Å². The van der Waals surface area contributed by atoms with Crippen LogP contribution >= 0.6 is 0 Å². The van der Waals surface area contributed by atoms with E-state index >= 15 is 0 Å². The highest BCUT2D eigenvalue weighted by Crippen LogP contribution is 2.26. The van der Waals surface area contributed by atoms with E-state index in [1.54, 1.807) is 6.26 Å². The molecule has 60 valence electrons. The fourth-order valence-corrected chi connectivity index (χ4v) is 1.28. The highest BCUT2D eigenvalue weighted by Gasteiger charge is 2.11. The Morgan fingerprint density at radius 3 is 2.50 bits per heavy atom. The molecule has 0 saturated carbocycles. The molecular weight excluding hydrogens is 148 g/mol. The van der Waals surface area contributed by atoms with Crippen molar-refractivity contribution in [1.29, 1.82) is 0 Å². The highest BCUT2D eigenvalue weighted by molar-refractivity contribution is 5.79. The van der Waals surface area contributed by atoms with Gasteiger partial charge in [-0.3, -0.25) is 0 Å². The van der Waals surface area contributed by atoms with Crippen LogP contribution in [0.15, 0.2) is 48.7 Å². The molecule has 0 radical (unpaired) electrons. The van der Waals surface area contributed by atoms with Gasteiger partial charge < -0.3 is 4.74 Å². The zero-order chi connectivity index (χ0) is 8.39. The molecule has 2 rings (SSSR count). The minimum atomic E-state index is 0.629. The molecule has 1 nitrogen and oxygen atoms in total. The summed E-state index contributed by atoms with van der Waals surface area (Å²) in [6.07, 6.45) is 1.78. The summed E-state index contributed by atoms with van der Waals surface area (Å²) in [4.78, 5) is 0. The van der Waals surface area contributed by atoms with Crippen molar-refractivity contribution in [3.8, 4) is 0 Å². The molecule has 1 heterocycles. The van der Waals surface area contributed by atoms with E-state index in [0.29, 0.717) is 6.61 Å². The second kappa shape index (κ2) is 2.86. The third kappa shape index (κ3) is 1.14. The molecule has 0 saturated heterocycles.